The van der Waals surface area contributed by atoms with Crippen molar-refractivity contribution in [2.24, 2.45) is 11.1 Å². The predicted octanol–water partition coefficient (Wildman–Crippen LogP) is 8.20. The van der Waals surface area contributed by atoms with Gasteiger partial charge in [0, 0.05) is 39.0 Å². The van der Waals surface area contributed by atoms with Gasteiger partial charge in [0.05, 0.1) is 24.7 Å². The number of rotatable bonds is 6. The van der Waals surface area contributed by atoms with E-state index >= 15 is 0 Å². The van der Waals surface area contributed by atoms with Crippen LogP contribution >= 0.6 is 23.4 Å². The van der Waals surface area contributed by atoms with Crippen molar-refractivity contribution in [2.75, 3.05) is 12.0 Å². The van der Waals surface area contributed by atoms with Gasteiger partial charge in [0.25, 0.3) is 0 Å². The summed E-state index contributed by atoms with van der Waals surface area (Å²) >= 11 is 7.81. The van der Waals surface area contributed by atoms with Crippen molar-refractivity contribution in [1.82, 2.24) is 0 Å². The Bertz CT molecular complexity index is 1620. The van der Waals surface area contributed by atoms with Gasteiger partial charge in [-0.25, -0.2) is 0 Å². The Morgan fingerprint density at radius 2 is 1.76 bits per heavy atom. The van der Waals surface area contributed by atoms with Crippen molar-refractivity contribution in [3.63, 3.8) is 0 Å². The smallest absolute Gasteiger partial charge is 0.162 e. The number of anilines is 1. The highest BCUT2D eigenvalue weighted by Gasteiger charge is 2.45. The first-order chi connectivity index (χ1) is 19.5. The van der Waals surface area contributed by atoms with Gasteiger partial charge in [-0.05, 0) is 96.5 Å². The molecule has 3 aromatic rings. The lowest BCUT2D eigenvalue weighted by molar-refractivity contribution is -0.118. The second-order valence-corrected chi connectivity index (χ2v) is 13.0. The number of hydrogen-bond acceptors (Lipinski definition) is 6. The molecule has 0 bridgehead atoms. The summed E-state index contributed by atoms with van der Waals surface area (Å²) in [7, 11) is 1.62. The average Bonchev–Trinajstić information content (AvgIpc) is 2.92. The van der Waals surface area contributed by atoms with Crippen LogP contribution in [0.25, 0.3) is 0 Å². The minimum atomic E-state index is -0.520. The number of nitriles is 1. The van der Waals surface area contributed by atoms with E-state index in [0.717, 1.165) is 44.5 Å². The fourth-order valence-electron chi connectivity index (χ4n) is 5.92. The zero-order valence-electron chi connectivity index (χ0n) is 24.0. The molecule has 7 heteroatoms. The highest BCUT2D eigenvalue weighted by atomic mass is 35.5. The van der Waals surface area contributed by atoms with Crippen LogP contribution in [0.3, 0.4) is 0 Å². The molecule has 2 aliphatic rings. The summed E-state index contributed by atoms with van der Waals surface area (Å²) in [5, 5.41) is 11.2. The molecule has 1 atom stereocenters. The molecular formula is C34H34ClN3O2S. The Morgan fingerprint density at radius 1 is 1.07 bits per heavy atom. The minimum Gasteiger partial charge on any atom is -0.497 e. The Hall–Kier alpha value is -3.66. The first-order valence-corrected chi connectivity index (χ1v) is 15.0. The van der Waals surface area contributed by atoms with Crippen molar-refractivity contribution in [3.8, 4) is 11.8 Å². The monoisotopic (exact) mass is 583 g/mol. The van der Waals surface area contributed by atoms with E-state index in [2.05, 4.69) is 45.9 Å². The summed E-state index contributed by atoms with van der Waals surface area (Å²) in [6.07, 6.45) is 1.09. The molecule has 5 nitrogen and oxygen atoms in total. The number of methoxy groups -OCH3 is 1. The molecule has 0 saturated carbocycles. The lowest BCUT2D eigenvalue weighted by atomic mass is 9.68. The number of allylic oxidation sites excluding steroid dienone is 3. The van der Waals surface area contributed by atoms with Gasteiger partial charge in [-0.15, -0.1) is 11.8 Å². The van der Waals surface area contributed by atoms with Gasteiger partial charge in [-0.2, -0.15) is 5.26 Å². The Labute approximate surface area is 251 Å². The predicted molar refractivity (Wildman–Crippen MR) is 167 cm³/mol. The van der Waals surface area contributed by atoms with Crippen molar-refractivity contribution < 1.29 is 9.53 Å². The summed E-state index contributed by atoms with van der Waals surface area (Å²) in [6.45, 7) is 8.38. The topological polar surface area (TPSA) is 79.3 Å². The Balaban J connectivity index is 1.64. The van der Waals surface area contributed by atoms with Crippen molar-refractivity contribution in [1.29, 1.82) is 5.26 Å². The number of Topliss-reactive ketones (excluding diaryl/α,β-unsaturated/α-hetero) is 1. The van der Waals surface area contributed by atoms with E-state index in [1.165, 1.54) is 5.56 Å². The molecule has 0 aromatic heterocycles. The highest BCUT2D eigenvalue weighted by Crippen LogP contribution is 2.51. The summed E-state index contributed by atoms with van der Waals surface area (Å²) in [5.74, 6) is 1.38. The lowest BCUT2D eigenvalue weighted by Gasteiger charge is -2.44. The fourth-order valence-corrected chi connectivity index (χ4v) is 7.01. The third-order valence-electron chi connectivity index (χ3n) is 7.96. The first kappa shape index (κ1) is 28.9. The highest BCUT2D eigenvalue weighted by molar-refractivity contribution is 7.98. The lowest BCUT2D eigenvalue weighted by Crippen LogP contribution is -2.42. The van der Waals surface area contributed by atoms with Crippen molar-refractivity contribution in [3.05, 3.63) is 111 Å². The van der Waals surface area contributed by atoms with E-state index in [9.17, 15) is 10.1 Å². The van der Waals surface area contributed by atoms with Crippen molar-refractivity contribution in [2.45, 2.75) is 57.1 Å². The van der Waals surface area contributed by atoms with E-state index in [1.807, 2.05) is 53.4 Å². The van der Waals surface area contributed by atoms with E-state index in [-0.39, 0.29) is 11.2 Å². The zero-order valence-corrected chi connectivity index (χ0v) is 25.6. The number of nitrogens with zero attached hydrogens (tertiary/aromatic N) is 2. The van der Waals surface area contributed by atoms with Crippen LogP contribution in [0.2, 0.25) is 5.02 Å². The van der Waals surface area contributed by atoms with Gasteiger partial charge in [0.15, 0.2) is 5.78 Å². The molecule has 41 heavy (non-hydrogen) atoms. The summed E-state index contributed by atoms with van der Waals surface area (Å²) in [6, 6.07) is 22.1. The Morgan fingerprint density at radius 3 is 2.39 bits per heavy atom. The molecule has 0 saturated heterocycles. The van der Waals surface area contributed by atoms with Crippen LogP contribution in [0, 0.1) is 30.6 Å². The average molecular weight is 584 g/mol. The largest absolute Gasteiger partial charge is 0.497 e. The molecule has 210 valence electrons. The maximum absolute atomic E-state index is 14.0. The molecule has 5 rings (SSSR count). The molecule has 2 N–H and O–H groups in total. The summed E-state index contributed by atoms with van der Waals surface area (Å²) in [4.78, 5) is 17.0. The Kier molecular flexibility index (Phi) is 7.96. The van der Waals surface area contributed by atoms with Crippen LogP contribution in [0.4, 0.5) is 5.69 Å². The number of ether oxygens (including phenoxy) is 1. The van der Waals surface area contributed by atoms with Gasteiger partial charge >= 0.3 is 0 Å². The number of carbonyl (C=O) groups excluding carboxylic acids is 1. The van der Waals surface area contributed by atoms with Crippen LogP contribution in [-0.4, -0.2) is 12.9 Å². The van der Waals surface area contributed by atoms with Gasteiger partial charge in [0.2, 0.25) is 0 Å². The van der Waals surface area contributed by atoms with Crippen LogP contribution < -0.4 is 15.4 Å². The standard InChI is InChI=1S/C34H34ClN3O2S/c1-20-14-21(2)27(15-22(20)19-41-26-12-6-23(35)7-13-26)31-28(18-36)33(37)38(24-8-10-25(40-5)11-9-24)29-16-34(3,4)17-30(39)32(29)31/h6-15,31H,16-17,19,37H2,1-5H3. The zero-order chi connectivity index (χ0) is 29.5. The van der Waals surface area contributed by atoms with E-state index < -0.39 is 5.92 Å². The second-order valence-electron chi connectivity index (χ2n) is 11.6. The van der Waals surface area contributed by atoms with Gasteiger partial charge in [-0.3, -0.25) is 9.69 Å². The van der Waals surface area contributed by atoms with Crippen LogP contribution in [0.1, 0.15) is 54.9 Å². The number of aryl methyl sites for hydroxylation is 2. The summed E-state index contributed by atoms with van der Waals surface area (Å²) in [5.41, 5.74) is 13.7. The molecule has 1 aliphatic heterocycles. The van der Waals surface area contributed by atoms with Crippen LogP contribution in [0.5, 0.6) is 5.75 Å². The van der Waals surface area contributed by atoms with E-state index in [4.69, 9.17) is 22.1 Å². The van der Waals surface area contributed by atoms with E-state index in [0.29, 0.717) is 34.8 Å². The third-order valence-corrected chi connectivity index (χ3v) is 9.27. The maximum Gasteiger partial charge on any atom is 0.162 e. The molecular weight excluding hydrogens is 550 g/mol. The first-order valence-electron chi connectivity index (χ1n) is 13.6. The number of hydrogen-bond donors (Lipinski definition) is 1. The number of benzene rings is 3. The molecule has 1 aliphatic carbocycles. The molecule has 0 radical (unpaired) electrons. The quantitative estimate of drug-likeness (QED) is 0.295. The number of halogens is 1. The third kappa shape index (κ3) is 5.62. The molecule has 0 fully saturated rings. The van der Waals surface area contributed by atoms with Crippen LogP contribution in [-0.2, 0) is 10.5 Å². The molecule has 1 unspecified atom stereocenters. The molecule has 1 heterocycles. The number of carbonyl (C=O) groups is 1. The van der Waals surface area contributed by atoms with Gasteiger partial charge in [0.1, 0.15) is 11.6 Å². The van der Waals surface area contributed by atoms with Crippen molar-refractivity contribution >= 4 is 34.8 Å². The fraction of sp³-hybridized carbons (Fsp3) is 0.294. The number of nitrogens with two attached hydrogens (primary N) is 1. The van der Waals surface area contributed by atoms with Gasteiger partial charge < -0.3 is 10.5 Å². The SMILES string of the molecule is COc1ccc(N2C(N)=C(C#N)C(c3cc(CSc4ccc(Cl)cc4)c(C)cc3C)C3=C2CC(C)(C)CC3=O)cc1. The maximum atomic E-state index is 14.0. The normalized spacial score (nSPS) is 18.3. The van der Waals surface area contributed by atoms with Gasteiger partial charge in [-0.1, -0.05) is 37.6 Å². The van der Waals surface area contributed by atoms with Crippen LogP contribution in [0.15, 0.2) is 88.2 Å². The number of ketones is 1. The minimum absolute atomic E-state index is 0.0667. The molecule has 0 amide bonds. The second kappa shape index (κ2) is 11.3. The molecule has 0 spiro atoms. The van der Waals surface area contributed by atoms with E-state index in [1.54, 1.807) is 18.9 Å². The number of thioether (sulfide) groups is 1. The molecule has 3 aromatic carbocycles. The summed E-state index contributed by atoms with van der Waals surface area (Å²) < 4.78 is 5.36.